The van der Waals surface area contributed by atoms with Crippen LogP contribution in [-0.4, -0.2) is 22.7 Å². The molecule has 3 rings (SSSR count). The number of carbonyl (C=O) groups is 1. The predicted molar refractivity (Wildman–Crippen MR) is 92.6 cm³/mol. The van der Waals surface area contributed by atoms with Crippen LogP contribution in [0.5, 0.6) is 5.75 Å². The van der Waals surface area contributed by atoms with Crippen molar-refractivity contribution in [3.05, 3.63) is 42.5 Å². The highest BCUT2D eigenvalue weighted by Crippen LogP contribution is 2.45. The minimum absolute atomic E-state index is 0.300. The van der Waals surface area contributed by atoms with Gasteiger partial charge in [-0.1, -0.05) is 18.2 Å². The summed E-state index contributed by atoms with van der Waals surface area (Å²) >= 11 is 0. The van der Waals surface area contributed by atoms with E-state index in [4.69, 9.17) is 9.47 Å². The molecular weight excluding hydrogens is 312 g/mol. The SMILES string of the molecule is CCOC(=O)C(C)(C)Oc1cccc2c3ccccc3[s+](O)c12. The van der Waals surface area contributed by atoms with Crippen molar-refractivity contribution in [3.8, 4) is 5.75 Å². The summed E-state index contributed by atoms with van der Waals surface area (Å²) in [5.74, 6) is 0.0912. The summed E-state index contributed by atoms with van der Waals surface area (Å²) in [6, 6.07) is 13.4. The fourth-order valence-electron chi connectivity index (χ4n) is 2.60. The maximum absolute atomic E-state index is 12.1. The maximum Gasteiger partial charge on any atom is 0.349 e. The Kier molecular flexibility index (Phi) is 4.00. The summed E-state index contributed by atoms with van der Waals surface area (Å²) in [4.78, 5) is 12.1. The number of ether oxygens (including phenoxy) is 2. The van der Waals surface area contributed by atoms with E-state index in [0.29, 0.717) is 12.4 Å². The molecule has 1 aromatic heterocycles. The number of rotatable bonds is 4. The highest BCUT2D eigenvalue weighted by atomic mass is 32.2. The molecular formula is C18H19O4S+. The fourth-order valence-corrected chi connectivity index (χ4v) is 4.10. The van der Waals surface area contributed by atoms with Crippen LogP contribution >= 0.6 is 10.8 Å². The Labute approximate surface area is 137 Å². The van der Waals surface area contributed by atoms with E-state index in [9.17, 15) is 9.35 Å². The first kappa shape index (κ1) is 15.8. The molecule has 0 bridgehead atoms. The van der Waals surface area contributed by atoms with Gasteiger partial charge in [0.1, 0.15) is 0 Å². The summed E-state index contributed by atoms with van der Waals surface area (Å²) < 4.78 is 23.3. The standard InChI is InChI=1S/C18H19O4S/c1-4-21-17(19)18(2,3)22-14-10-7-9-13-12-8-5-6-11-15(12)23(20)16(13)14/h5-11,20H,4H2,1-3H3/q+1. The fraction of sp³-hybridized carbons (Fsp3) is 0.278. The van der Waals surface area contributed by atoms with Crippen molar-refractivity contribution < 1.29 is 18.8 Å². The zero-order chi connectivity index (χ0) is 16.6. The van der Waals surface area contributed by atoms with E-state index in [1.807, 2.05) is 36.4 Å². The lowest BCUT2D eigenvalue weighted by Crippen LogP contribution is -2.39. The Balaban J connectivity index is 2.14. The molecule has 0 saturated heterocycles. The lowest BCUT2D eigenvalue weighted by atomic mass is 10.1. The van der Waals surface area contributed by atoms with Crippen molar-refractivity contribution in [2.24, 2.45) is 0 Å². The van der Waals surface area contributed by atoms with Crippen molar-refractivity contribution in [2.75, 3.05) is 6.61 Å². The van der Waals surface area contributed by atoms with Gasteiger partial charge in [0.15, 0.2) is 22.1 Å². The molecule has 4 nitrogen and oxygen atoms in total. The molecule has 0 radical (unpaired) electrons. The molecule has 1 atom stereocenters. The van der Waals surface area contributed by atoms with E-state index < -0.39 is 22.3 Å². The second-order valence-corrected chi connectivity index (χ2v) is 7.16. The van der Waals surface area contributed by atoms with Crippen molar-refractivity contribution >= 4 is 36.9 Å². The number of fused-ring (bicyclic) bond motifs is 3. The Hall–Kier alpha value is -2.11. The van der Waals surface area contributed by atoms with Gasteiger partial charge in [-0.15, -0.1) is 0 Å². The van der Waals surface area contributed by atoms with Gasteiger partial charge in [-0.25, -0.2) is 4.79 Å². The second-order valence-electron chi connectivity index (χ2n) is 5.75. The zero-order valence-electron chi connectivity index (χ0n) is 13.3. The number of esters is 1. The van der Waals surface area contributed by atoms with Gasteiger partial charge in [-0.2, -0.15) is 4.55 Å². The summed E-state index contributed by atoms with van der Waals surface area (Å²) in [5, 5.41) is 1.95. The highest BCUT2D eigenvalue weighted by Gasteiger charge is 2.34. The van der Waals surface area contributed by atoms with Gasteiger partial charge in [0.05, 0.1) is 17.4 Å². The predicted octanol–water partition coefficient (Wildman–Crippen LogP) is 4.60. The summed E-state index contributed by atoms with van der Waals surface area (Å²) in [6.07, 6.45) is 0. The molecule has 2 aromatic carbocycles. The van der Waals surface area contributed by atoms with E-state index in [1.165, 1.54) is 0 Å². The van der Waals surface area contributed by atoms with Gasteiger partial charge in [-0.3, -0.25) is 0 Å². The van der Waals surface area contributed by atoms with Crippen molar-refractivity contribution in [3.63, 3.8) is 0 Å². The smallest absolute Gasteiger partial charge is 0.349 e. The Morgan fingerprint density at radius 1 is 1.13 bits per heavy atom. The summed E-state index contributed by atoms with van der Waals surface area (Å²) in [5.41, 5.74) is -1.12. The average Bonchev–Trinajstić information content (AvgIpc) is 2.82. The molecule has 1 N–H and O–H groups in total. The minimum Gasteiger partial charge on any atom is -0.470 e. The molecule has 120 valence electrons. The molecule has 0 aliphatic rings. The summed E-state index contributed by atoms with van der Waals surface area (Å²) in [7, 11) is -1.06. The Bertz CT molecular complexity index is 879. The van der Waals surface area contributed by atoms with E-state index in [2.05, 4.69) is 0 Å². The number of hydrogen-bond donors (Lipinski definition) is 1. The number of thiophene rings is 1. The van der Waals surface area contributed by atoms with E-state index in [0.717, 1.165) is 20.2 Å². The van der Waals surface area contributed by atoms with E-state index in [1.54, 1.807) is 26.8 Å². The second kappa shape index (κ2) is 5.83. The van der Waals surface area contributed by atoms with E-state index in [-0.39, 0.29) is 0 Å². The van der Waals surface area contributed by atoms with Crippen LogP contribution in [0.2, 0.25) is 0 Å². The van der Waals surface area contributed by atoms with Crippen LogP contribution in [-0.2, 0) is 9.53 Å². The monoisotopic (exact) mass is 331 g/mol. The van der Waals surface area contributed by atoms with Gasteiger partial charge in [0.2, 0.25) is 4.70 Å². The Morgan fingerprint density at radius 3 is 2.57 bits per heavy atom. The van der Waals surface area contributed by atoms with Crippen molar-refractivity contribution in [1.29, 1.82) is 0 Å². The third-order valence-electron chi connectivity index (χ3n) is 3.69. The number of carbonyl (C=O) groups excluding carboxylic acids is 1. The molecule has 23 heavy (non-hydrogen) atoms. The van der Waals surface area contributed by atoms with Crippen LogP contribution in [0.25, 0.3) is 20.2 Å². The molecule has 0 amide bonds. The molecule has 0 fully saturated rings. The highest BCUT2D eigenvalue weighted by molar-refractivity contribution is 7.38. The van der Waals surface area contributed by atoms with Crippen LogP contribution in [0.3, 0.4) is 0 Å². The zero-order valence-corrected chi connectivity index (χ0v) is 14.1. The topological polar surface area (TPSA) is 55.8 Å². The maximum atomic E-state index is 12.1. The molecule has 3 aromatic rings. The largest absolute Gasteiger partial charge is 0.470 e. The van der Waals surface area contributed by atoms with Gasteiger partial charge in [0, 0.05) is 6.07 Å². The van der Waals surface area contributed by atoms with Gasteiger partial charge in [0.25, 0.3) is 4.70 Å². The van der Waals surface area contributed by atoms with Crippen LogP contribution < -0.4 is 4.74 Å². The first-order valence-electron chi connectivity index (χ1n) is 7.47. The lowest BCUT2D eigenvalue weighted by molar-refractivity contribution is -0.158. The molecule has 0 saturated carbocycles. The van der Waals surface area contributed by atoms with Crippen LogP contribution in [0.15, 0.2) is 42.5 Å². The quantitative estimate of drug-likeness (QED) is 0.561. The van der Waals surface area contributed by atoms with E-state index >= 15 is 0 Å². The third-order valence-corrected chi connectivity index (χ3v) is 5.27. The van der Waals surface area contributed by atoms with Gasteiger partial charge in [-0.05, 0) is 39.0 Å². The van der Waals surface area contributed by atoms with Gasteiger partial charge >= 0.3 is 5.97 Å². The minimum atomic E-state index is -1.12. The molecule has 0 aliphatic carbocycles. The number of benzene rings is 2. The van der Waals surface area contributed by atoms with Crippen molar-refractivity contribution in [1.82, 2.24) is 0 Å². The molecule has 5 heteroatoms. The first-order chi connectivity index (χ1) is 11.0. The molecule has 0 aliphatic heterocycles. The third kappa shape index (κ3) is 2.66. The molecule has 0 spiro atoms. The van der Waals surface area contributed by atoms with Crippen LogP contribution in [0.4, 0.5) is 0 Å². The molecule has 1 heterocycles. The number of hydrogen-bond acceptors (Lipinski definition) is 4. The molecule has 1 unspecified atom stereocenters. The van der Waals surface area contributed by atoms with Crippen LogP contribution in [0, 0.1) is 0 Å². The first-order valence-corrected chi connectivity index (χ1v) is 8.66. The Morgan fingerprint density at radius 2 is 1.83 bits per heavy atom. The van der Waals surface area contributed by atoms with Gasteiger partial charge < -0.3 is 9.47 Å². The lowest BCUT2D eigenvalue weighted by Gasteiger charge is -2.23. The van der Waals surface area contributed by atoms with Crippen LogP contribution in [0.1, 0.15) is 20.8 Å². The normalized spacial score (nSPS) is 12.6. The average molecular weight is 331 g/mol. The van der Waals surface area contributed by atoms with Crippen molar-refractivity contribution in [2.45, 2.75) is 26.4 Å². The summed E-state index contributed by atoms with van der Waals surface area (Å²) in [6.45, 7) is 5.40.